The molecule has 0 aliphatic rings. The zero-order chi connectivity index (χ0) is 12.4. The molecule has 0 aliphatic heterocycles. The fraction of sp³-hybridized carbons (Fsp3) is 0.0833. The first-order valence-electron chi connectivity index (χ1n) is 5.00. The SMILES string of the molecule is Cc1cc(N)cnc1Nc1ccc(Br)cc1F. The summed E-state index contributed by atoms with van der Waals surface area (Å²) < 4.78 is 14.3. The number of anilines is 3. The summed E-state index contributed by atoms with van der Waals surface area (Å²) in [5, 5.41) is 2.93. The fourth-order valence-electron chi connectivity index (χ4n) is 1.45. The van der Waals surface area contributed by atoms with E-state index >= 15 is 0 Å². The molecule has 0 radical (unpaired) electrons. The van der Waals surface area contributed by atoms with Gasteiger partial charge in [0.1, 0.15) is 11.6 Å². The van der Waals surface area contributed by atoms with Gasteiger partial charge in [-0.15, -0.1) is 0 Å². The molecule has 0 bridgehead atoms. The number of aromatic nitrogens is 1. The lowest BCUT2D eigenvalue weighted by atomic mass is 10.2. The van der Waals surface area contributed by atoms with Crippen molar-refractivity contribution < 1.29 is 4.39 Å². The Labute approximate surface area is 107 Å². The van der Waals surface area contributed by atoms with Crippen LogP contribution in [0.3, 0.4) is 0 Å². The molecule has 0 atom stereocenters. The van der Waals surface area contributed by atoms with Gasteiger partial charge >= 0.3 is 0 Å². The molecule has 2 rings (SSSR count). The number of pyridine rings is 1. The highest BCUT2D eigenvalue weighted by Gasteiger charge is 2.06. The van der Waals surface area contributed by atoms with E-state index in [4.69, 9.17) is 5.73 Å². The number of hydrogen-bond donors (Lipinski definition) is 2. The van der Waals surface area contributed by atoms with Crippen LogP contribution in [0.1, 0.15) is 5.56 Å². The molecule has 0 amide bonds. The van der Waals surface area contributed by atoms with Crippen LogP contribution in [0.4, 0.5) is 21.6 Å². The number of nitrogens with zero attached hydrogens (tertiary/aromatic N) is 1. The molecule has 2 aromatic rings. The number of rotatable bonds is 2. The Morgan fingerprint density at radius 1 is 1.35 bits per heavy atom. The van der Waals surface area contributed by atoms with E-state index in [1.54, 1.807) is 18.2 Å². The zero-order valence-electron chi connectivity index (χ0n) is 9.17. The van der Waals surface area contributed by atoms with E-state index in [0.29, 0.717) is 21.7 Å². The molecule has 1 heterocycles. The molecule has 0 unspecified atom stereocenters. The van der Waals surface area contributed by atoms with Gasteiger partial charge in [-0.3, -0.25) is 0 Å². The minimum absolute atomic E-state index is 0.336. The number of nitrogens with two attached hydrogens (primary N) is 1. The van der Waals surface area contributed by atoms with Crippen molar-refractivity contribution in [2.45, 2.75) is 6.92 Å². The molecule has 0 saturated carbocycles. The van der Waals surface area contributed by atoms with Crippen molar-refractivity contribution in [2.24, 2.45) is 0 Å². The van der Waals surface area contributed by atoms with Crippen molar-refractivity contribution in [3.8, 4) is 0 Å². The van der Waals surface area contributed by atoms with Crippen LogP contribution in [-0.2, 0) is 0 Å². The van der Waals surface area contributed by atoms with Gasteiger partial charge in [0.15, 0.2) is 0 Å². The van der Waals surface area contributed by atoms with E-state index in [-0.39, 0.29) is 5.82 Å². The molecule has 3 N–H and O–H groups in total. The second-order valence-electron chi connectivity index (χ2n) is 3.68. The number of benzene rings is 1. The van der Waals surface area contributed by atoms with Crippen LogP contribution in [0, 0.1) is 12.7 Å². The van der Waals surface area contributed by atoms with Crippen LogP contribution in [0.5, 0.6) is 0 Å². The summed E-state index contributed by atoms with van der Waals surface area (Å²) in [5.74, 6) is 0.262. The number of nitrogen functional groups attached to an aromatic ring is 1. The van der Waals surface area contributed by atoms with E-state index in [9.17, 15) is 4.39 Å². The van der Waals surface area contributed by atoms with Gasteiger partial charge in [-0.1, -0.05) is 15.9 Å². The molecule has 5 heteroatoms. The minimum atomic E-state index is -0.336. The minimum Gasteiger partial charge on any atom is -0.397 e. The topological polar surface area (TPSA) is 50.9 Å². The first kappa shape index (κ1) is 11.9. The van der Waals surface area contributed by atoms with E-state index in [2.05, 4.69) is 26.2 Å². The average molecular weight is 296 g/mol. The molecule has 17 heavy (non-hydrogen) atoms. The van der Waals surface area contributed by atoms with Crippen molar-refractivity contribution in [3.05, 3.63) is 46.3 Å². The van der Waals surface area contributed by atoms with Gasteiger partial charge in [-0.25, -0.2) is 9.37 Å². The van der Waals surface area contributed by atoms with Crippen molar-refractivity contribution in [2.75, 3.05) is 11.1 Å². The maximum absolute atomic E-state index is 13.6. The normalized spacial score (nSPS) is 10.3. The first-order chi connectivity index (χ1) is 8.06. The standard InChI is InChI=1S/C12H11BrFN3/c1-7-4-9(15)6-16-12(7)17-11-3-2-8(13)5-10(11)14/h2-6H,15H2,1H3,(H,16,17). The molecule has 0 aliphatic carbocycles. The summed E-state index contributed by atoms with van der Waals surface area (Å²) in [5.41, 5.74) is 7.44. The Kier molecular flexibility index (Phi) is 3.28. The van der Waals surface area contributed by atoms with Gasteiger partial charge in [0, 0.05) is 4.47 Å². The van der Waals surface area contributed by atoms with E-state index < -0.39 is 0 Å². The average Bonchev–Trinajstić information content (AvgIpc) is 2.25. The van der Waals surface area contributed by atoms with Crippen molar-refractivity contribution in [3.63, 3.8) is 0 Å². The number of halogens is 2. The van der Waals surface area contributed by atoms with Gasteiger partial charge in [0.25, 0.3) is 0 Å². The zero-order valence-corrected chi connectivity index (χ0v) is 10.8. The van der Waals surface area contributed by atoms with Crippen molar-refractivity contribution in [1.29, 1.82) is 0 Å². The van der Waals surface area contributed by atoms with E-state index in [0.717, 1.165) is 5.56 Å². The Hall–Kier alpha value is -1.62. The van der Waals surface area contributed by atoms with E-state index in [1.807, 2.05) is 6.92 Å². The largest absolute Gasteiger partial charge is 0.397 e. The summed E-state index contributed by atoms with van der Waals surface area (Å²) >= 11 is 3.21. The first-order valence-corrected chi connectivity index (χ1v) is 5.80. The summed E-state index contributed by atoms with van der Waals surface area (Å²) in [6, 6.07) is 6.59. The van der Waals surface area contributed by atoms with Crippen LogP contribution in [0.25, 0.3) is 0 Å². The van der Waals surface area contributed by atoms with Gasteiger partial charge in [0.05, 0.1) is 17.6 Å². The van der Waals surface area contributed by atoms with Gasteiger partial charge in [0.2, 0.25) is 0 Å². The Morgan fingerprint density at radius 3 is 2.76 bits per heavy atom. The van der Waals surface area contributed by atoms with Crippen LogP contribution in [-0.4, -0.2) is 4.98 Å². The molecular formula is C12H11BrFN3. The third-order valence-electron chi connectivity index (χ3n) is 2.28. The molecule has 0 fully saturated rings. The van der Waals surface area contributed by atoms with Crippen LogP contribution in [0.2, 0.25) is 0 Å². The summed E-state index contributed by atoms with van der Waals surface area (Å²) in [6.45, 7) is 1.86. The maximum Gasteiger partial charge on any atom is 0.147 e. The van der Waals surface area contributed by atoms with Crippen LogP contribution < -0.4 is 11.1 Å². The monoisotopic (exact) mass is 295 g/mol. The predicted octanol–water partition coefficient (Wildman–Crippen LogP) is 3.62. The lowest BCUT2D eigenvalue weighted by Gasteiger charge is -2.09. The lowest BCUT2D eigenvalue weighted by Crippen LogP contribution is -1.99. The Balaban J connectivity index is 2.31. The smallest absolute Gasteiger partial charge is 0.147 e. The van der Waals surface area contributed by atoms with Gasteiger partial charge in [-0.2, -0.15) is 0 Å². The van der Waals surface area contributed by atoms with Gasteiger partial charge in [-0.05, 0) is 36.8 Å². The fourth-order valence-corrected chi connectivity index (χ4v) is 1.78. The molecule has 0 spiro atoms. The maximum atomic E-state index is 13.6. The number of hydrogen-bond acceptors (Lipinski definition) is 3. The quantitative estimate of drug-likeness (QED) is 0.890. The van der Waals surface area contributed by atoms with Crippen molar-refractivity contribution >= 4 is 33.1 Å². The predicted molar refractivity (Wildman–Crippen MR) is 70.8 cm³/mol. The summed E-state index contributed by atoms with van der Waals surface area (Å²) in [6.07, 6.45) is 1.53. The summed E-state index contributed by atoms with van der Waals surface area (Å²) in [7, 11) is 0. The highest BCUT2D eigenvalue weighted by Crippen LogP contribution is 2.24. The molecule has 3 nitrogen and oxygen atoms in total. The second-order valence-corrected chi connectivity index (χ2v) is 4.60. The molecule has 88 valence electrons. The van der Waals surface area contributed by atoms with E-state index in [1.165, 1.54) is 12.3 Å². The number of nitrogens with one attached hydrogen (secondary N) is 1. The highest BCUT2D eigenvalue weighted by molar-refractivity contribution is 9.10. The summed E-state index contributed by atoms with van der Waals surface area (Å²) in [4.78, 5) is 4.12. The highest BCUT2D eigenvalue weighted by atomic mass is 79.9. The molecule has 1 aromatic carbocycles. The molecule has 1 aromatic heterocycles. The molecule has 0 saturated heterocycles. The lowest BCUT2D eigenvalue weighted by molar-refractivity contribution is 0.631. The second kappa shape index (κ2) is 4.71. The Morgan fingerprint density at radius 2 is 2.12 bits per heavy atom. The molecular weight excluding hydrogens is 285 g/mol. The van der Waals surface area contributed by atoms with Gasteiger partial charge < -0.3 is 11.1 Å². The van der Waals surface area contributed by atoms with Crippen LogP contribution in [0.15, 0.2) is 34.9 Å². The number of aryl methyl sites for hydroxylation is 1. The Bertz CT molecular complexity index is 508. The van der Waals surface area contributed by atoms with Crippen molar-refractivity contribution in [1.82, 2.24) is 4.98 Å². The van der Waals surface area contributed by atoms with Crippen LogP contribution >= 0.6 is 15.9 Å². The third-order valence-corrected chi connectivity index (χ3v) is 2.78. The third kappa shape index (κ3) is 2.74.